The summed E-state index contributed by atoms with van der Waals surface area (Å²) in [6.45, 7) is 4.26. The number of likely N-dealkylation sites (tertiary alicyclic amines) is 2. The largest absolute Gasteiger partial charge is 0.370 e. The van der Waals surface area contributed by atoms with Crippen molar-refractivity contribution in [1.29, 1.82) is 0 Å². The first kappa shape index (κ1) is 18.4. The number of rotatable bonds is 2. The summed E-state index contributed by atoms with van der Waals surface area (Å²) in [5.74, 6) is -0.113. The second kappa shape index (κ2) is 6.91. The molecule has 146 valence electrons. The second-order valence-corrected chi connectivity index (χ2v) is 8.76. The van der Waals surface area contributed by atoms with Crippen molar-refractivity contribution in [1.82, 2.24) is 15.1 Å². The molecule has 7 nitrogen and oxygen atoms in total. The molecule has 27 heavy (non-hydrogen) atoms. The number of fused-ring (bicyclic) bond motifs is 2. The number of ether oxygens (including phenoxy) is 1. The number of nitrogens with one attached hydrogen (secondary N) is 1. The Balaban J connectivity index is 1.52. The topological polar surface area (TPSA) is 79.0 Å². The molecule has 3 amide bonds. The Kier molecular flexibility index (Phi) is 4.71. The summed E-state index contributed by atoms with van der Waals surface area (Å²) in [5, 5.41) is 2.88. The summed E-state index contributed by atoms with van der Waals surface area (Å²) in [6, 6.07) is 1.52. The van der Waals surface area contributed by atoms with Crippen molar-refractivity contribution >= 4 is 29.1 Å². The highest BCUT2D eigenvalue weighted by atomic mass is 32.1. The standard InChI is InChI=1S/C19H25N3O4S/c1-12(23)22-8-5-19(6-9-22)13-11-16(27-15(13)4-10-26-19)17(24)20-14-3-7-21(2)18(14)25/h11,14H,3-10H2,1-2H3,(H,20,24). The van der Waals surface area contributed by atoms with Crippen molar-refractivity contribution in [3.63, 3.8) is 0 Å². The Hall–Kier alpha value is -1.93. The van der Waals surface area contributed by atoms with Crippen molar-refractivity contribution in [3.05, 3.63) is 21.4 Å². The number of amides is 3. The van der Waals surface area contributed by atoms with E-state index >= 15 is 0 Å². The number of carbonyl (C=O) groups is 3. The first-order valence-electron chi connectivity index (χ1n) is 9.48. The van der Waals surface area contributed by atoms with Crippen molar-refractivity contribution in [2.75, 3.05) is 33.3 Å². The van der Waals surface area contributed by atoms with Crippen LogP contribution in [0.3, 0.4) is 0 Å². The maximum Gasteiger partial charge on any atom is 0.262 e. The van der Waals surface area contributed by atoms with Crippen LogP contribution in [0.1, 0.15) is 46.3 Å². The highest BCUT2D eigenvalue weighted by Crippen LogP contribution is 2.44. The number of hydrogen-bond acceptors (Lipinski definition) is 5. The van der Waals surface area contributed by atoms with Crippen LogP contribution in [0.15, 0.2) is 6.07 Å². The monoisotopic (exact) mass is 391 g/mol. The highest BCUT2D eigenvalue weighted by Gasteiger charge is 2.43. The highest BCUT2D eigenvalue weighted by molar-refractivity contribution is 7.14. The second-order valence-electron chi connectivity index (χ2n) is 7.62. The van der Waals surface area contributed by atoms with Crippen molar-refractivity contribution in [3.8, 4) is 0 Å². The van der Waals surface area contributed by atoms with Crippen LogP contribution in [0, 0.1) is 0 Å². The molecule has 1 aromatic heterocycles. The molecule has 0 bridgehead atoms. The molecule has 4 rings (SSSR count). The van der Waals surface area contributed by atoms with Crippen molar-refractivity contribution in [2.24, 2.45) is 0 Å². The molecule has 0 radical (unpaired) electrons. The Morgan fingerprint density at radius 2 is 2.04 bits per heavy atom. The first-order valence-corrected chi connectivity index (χ1v) is 10.3. The lowest BCUT2D eigenvalue weighted by atomic mass is 9.82. The number of thiophene rings is 1. The molecule has 0 aliphatic carbocycles. The molecule has 8 heteroatoms. The molecule has 2 saturated heterocycles. The molecule has 0 aromatic carbocycles. The van der Waals surface area contributed by atoms with E-state index in [2.05, 4.69) is 5.32 Å². The van der Waals surface area contributed by atoms with Crippen LogP contribution in [-0.4, -0.2) is 66.9 Å². The van der Waals surface area contributed by atoms with Gasteiger partial charge in [0.05, 0.1) is 17.1 Å². The zero-order chi connectivity index (χ0) is 19.2. The number of piperidine rings is 1. The SMILES string of the molecule is CC(=O)N1CCC2(CC1)OCCc1sc(C(=O)NC3CCN(C)C3=O)cc12. The van der Waals surface area contributed by atoms with Gasteiger partial charge >= 0.3 is 0 Å². The minimum absolute atomic E-state index is 0.0268. The third-order valence-corrected chi connectivity index (χ3v) is 7.17. The van der Waals surface area contributed by atoms with E-state index in [1.807, 2.05) is 11.0 Å². The maximum atomic E-state index is 12.7. The number of hydrogen-bond donors (Lipinski definition) is 1. The zero-order valence-electron chi connectivity index (χ0n) is 15.7. The van der Waals surface area contributed by atoms with Gasteiger partial charge in [-0.1, -0.05) is 0 Å². The summed E-state index contributed by atoms with van der Waals surface area (Å²) in [6.07, 6.45) is 2.96. The van der Waals surface area contributed by atoms with E-state index in [4.69, 9.17) is 4.74 Å². The van der Waals surface area contributed by atoms with E-state index in [0.29, 0.717) is 37.5 Å². The van der Waals surface area contributed by atoms with E-state index in [0.717, 1.165) is 24.8 Å². The molecule has 1 unspecified atom stereocenters. The Labute approximate surface area is 162 Å². The van der Waals surface area contributed by atoms with Gasteiger partial charge in [-0.2, -0.15) is 0 Å². The fourth-order valence-electron chi connectivity index (χ4n) is 4.31. The average Bonchev–Trinajstić information content (AvgIpc) is 3.22. The molecule has 2 fully saturated rings. The fourth-order valence-corrected chi connectivity index (χ4v) is 5.45. The number of nitrogens with zero attached hydrogens (tertiary/aromatic N) is 2. The van der Waals surface area contributed by atoms with Crippen LogP contribution < -0.4 is 5.32 Å². The fraction of sp³-hybridized carbons (Fsp3) is 0.632. The van der Waals surface area contributed by atoms with Crippen LogP contribution in [0.2, 0.25) is 0 Å². The Morgan fingerprint density at radius 3 is 2.67 bits per heavy atom. The van der Waals surface area contributed by atoms with E-state index in [1.165, 1.54) is 16.2 Å². The molecule has 3 aliphatic rings. The molecule has 1 aromatic rings. The molecule has 4 heterocycles. The zero-order valence-corrected chi connectivity index (χ0v) is 16.6. The van der Waals surface area contributed by atoms with Gasteiger partial charge in [0.1, 0.15) is 6.04 Å². The first-order chi connectivity index (χ1) is 12.9. The van der Waals surface area contributed by atoms with Gasteiger partial charge in [0.15, 0.2) is 0 Å². The minimum Gasteiger partial charge on any atom is -0.370 e. The van der Waals surface area contributed by atoms with Gasteiger partial charge in [-0.15, -0.1) is 11.3 Å². The third kappa shape index (κ3) is 3.25. The quantitative estimate of drug-likeness (QED) is 0.819. The molecule has 1 N–H and O–H groups in total. The Bertz CT molecular complexity index is 782. The van der Waals surface area contributed by atoms with Crippen LogP contribution in [0.25, 0.3) is 0 Å². The van der Waals surface area contributed by atoms with Gasteiger partial charge in [-0.3, -0.25) is 14.4 Å². The van der Waals surface area contributed by atoms with E-state index in [-0.39, 0.29) is 17.7 Å². The lowest BCUT2D eigenvalue weighted by molar-refractivity contribution is -0.138. The smallest absolute Gasteiger partial charge is 0.262 e. The maximum absolute atomic E-state index is 12.7. The average molecular weight is 391 g/mol. The summed E-state index contributed by atoms with van der Waals surface area (Å²) < 4.78 is 6.19. The normalized spacial score (nSPS) is 24.2. The third-order valence-electron chi connectivity index (χ3n) is 5.98. The molecule has 3 aliphatic heterocycles. The number of carbonyl (C=O) groups excluding carboxylic acids is 3. The molecule has 1 atom stereocenters. The minimum atomic E-state index is -0.425. The van der Waals surface area contributed by atoms with Crippen LogP contribution in [0.5, 0.6) is 0 Å². The molecule has 0 saturated carbocycles. The lowest BCUT2D eigenvalue weighted by Crippen LogP contribution is -2.47. The van der Waals surface area contributed by atoms with E-state index < -0.39 is 11.6 Å². The molecule has 1 spiro atoms. The Morgan fingerprint density at radius 1 is 1.30 bits per heavy atom. The summed E-state index contributed by atoms with van der Waals surface area (Å²) in [4.78, 5) is 41.7. The van der Waals surface area contributed by atoms with Gasteiger partial charge in [-0.25, -0.2) is 0 Å². The number of likely N-dealkylation sites (N-methyl/N-ethyl adjacent to an activating group) is 1. The van der Waals surface area contributed by atoms with Gasteiger partial charge in [0.2, 0.25) is 11.8 Å². The van der Waals surface area contributed by atoms with Gasteiger partial charge in [0.25, 0.3) is 5.91 Å². The van der Waals surface area contributed by atoms with Crippen LogP contribution >= 0.6 is 11.3 Å². The summed E-state index contributed by atoms with van der Waals surface area (Å²) in [5.41, 5.74) is 0.708. The van der Waals surface area contributed by atoms with Gasteiger partial charge < -0.3 is 19.9 Å². The predicted molar refractivity (Wildman–Crippen MR) is 101 cm³/mol. The summed E-state index contributed by atoms with van der Waals surface area (Å²) >= 11 is 1.51. The van der Waals surface area contributed by atoms with E-state index in [1.54, 1.807) is 18.9 Å². The molecular formula is C19H25N3O4S. The van der Waals surface area contributed by atoms with Gasteiger partial charge in [0, 0.05) is 44.9 Å². The van der Waals surface area contributed by atoms with Crippen LogP contribution in [-0.2, 0) is 26.3 Å². The predicted octanol–water partition coefficient (Wildman–Crippen LogP) is 1.12. The van der Waals surface area contributed by atoms with Crippen molar-refractivity contribution in [2.45, 2.75) is 44.2 Å². The lowest BCUT2D eigenvalue weighted by Gasteiger charge is -2.43. The molecular weight excluding hydrogens is 366 g/mol. The van der Waals surface area contributed by atoms with Crippen molar-refractivity contribution < 1.29 is 19.1 Å². The van der Waals surface area contributed by atoms with Crippen LogP contribution in [0.4, 0.5) is 0 Å². The van der Waals surface area contributed by atoms with Gasteiger partial charge in [-0.05, 0) is 30.9 Å². The van der Waals surface area contributed by atoms with E-state index in [9.17, 15) is 14.4 Å². The summed E-state index contributed by atoms with van der Waals surface area (Å²) in [7, 11) is 1.76.